The molecule has 0 aromatic heterocycles. The van der Waals surface area contributed by atoms with Crippen LogP contribution in [0.4, 0.5) is 0 Å². The second kappa shape index (κ2) is 57.9. The number of rotatable bonds is 65. The van der Waals surface area contributed by atoms with E-state index in [4.69, 9.17) is 37.0 Å². The van der Waals surface area contributed by atoms with Crippen LogP contribution < -0.4 is 0 Å². The van der Waals surface area contributed by atoms with Crippen LogP contribution in [-0.2, 0) is 65.4 Å². The fraction of sp³-hybridized carbons (Fsp3) is 0.941. The molecule has 0 aromatic rings. The van der Waals surface area contributed by atoms with E-state index in [-0.39, 0.29) is 25.7 Å². The van der Waals surface area contributed by atoms with E-state index in [2.05, 4.69) is 55.4 Å². The summed E-state index contributed by atoms with van der Waals surface area (Å²) in [4.78, 5) is 72.4. The van der Waals surface area contributed by atoms with Gasteiger partial charge in [0.05, 0.1) is 26.4 Å². The molecule has 17 nitrogen and oxygen atoms in total. The van der Waals surface area contributed by atoms with Crippen LogP contribution in [0.5, 0.6) is 0 Å². The van der Waals surface area contributed by atoms with E-state index in [1.54, 1.807) is 0 Å². The second-order valence-electron chi connectivity index (χ2n) is 26.2. The Morgan fingerprint density at radius 3 is 0.816 bits per heavy atom. The lowest BCUT2D eigenvalue weighted by molar-refractivity contribution is -0.161. The number of carbonyl (C=O) groups excluding carboxylic acids is 4. The molecule has 0 heterocycles. The Labute approximate surface area is 530 Å². The Morgan fingerprint density at radius 2 is 0.552 bits per heavy atom. The summed E-state index contributed by atoms with van der Waals surface area (Å²) in [5.74, 6) is 0.798. The Morgan fingerprint density at radius 1 is 0.322 bits per heavy atom. The number of unbranched alkanes of at least 4 members (excludes halogenated alkanes) is 30. The van der Waals surface area contributed by atoms with E-state index in [0.29, 0.717) is 31.6 Å². The van der Waals surface area contributed by atoms with Gasteiger partial charge in [0.25, 0.3) is 0 Å². The molecule has 0 aromatic carbocycles. The molecule has 516 valence electrons. The molecule has 0 aliphatic rings. The molecular weight excluding hydrogens is 1150 g/mol. The van der Waals surface area contributed by atoms with E-state index in [1.165, 1.54) is 122 Å². The molecule has 3 unspecified atom stereocenters. The van der Waals surface area contributed by atoms with Crippen LogP contribution in [0.1, 0.15) is 331 Å². The highest BCUT2D eigenvalue weighted by Gasteiger charge is 2.30. The van der Waals surface area contributed by atoms with Crippen LogP contribution in [0, 0.1) is 23.7 Å². The predicted molar refractivity (Wildman–Crippen MR) is 349 cm³/mol. The molecule has 19 heteroatoms. The lowest BCUT2D eigenvalue weighted by Crippen LogP contribution is -2.30. The lowest BCUT2D eigenvalue weighted by Gasteiger charge is -2.21. The molecule has 0 rings (SSSR count). The first kappa shape index (κ1) is 85.1. The number of aliphatic hydroxyl groups is 1. The van der Waals surface area contributed by atoms with Crippen molar-refractivity contribution < 1.29 is 80.2 Å². The molecule has 87 heavy (non-hydrogen) atoms. The number of carbonyl (C=O) groups is 4. The Kier molecular flexibility index (Phi) is 56.6. The van der Waals surface area contributed by atoms with Gasteiger partial charge in [0.2, 0.25) is 0 Å². The van der Waals surface area contributed by atoms with E-state index in [0.717, 1.165) is 120 Å². The van der Waals surface area contributed by atoms with Gasteiger partial charge in [-0.3, -0.25) is 37.3 Å². The third-order valence-electron chi connectivity index (χ3n) is 15.9. The fourth-order valence-corrected chi connectivity index (χ4v) is 11.7. The number of hydrogen-bond acceptors (Lipinski definition) is 15. The first-order valence-electron chi connectivity index (χ1n) is 35.2. The van der Waals surface area contributed by atoms with E-state index in [9.17, 15) is 43.2 Å². The van der Waals surface area contributed by atoms with Gasteiger partial charge in [-0.1, -0.05) is 280 Å². The number of phosphoric acid groups is 2. The lowest BCUT2D eigenvalue weighted by atomic mass is 10.00. The van der Waals surface area contributed by atoms with Crippen molar-refractivity contribution in [3.63, 3.8) is 0 Å². The molecular formula is C68H132O17P2. The highest BCUT2D eigenvalue weighted by molar-refractivity contribution is 7.47. The van der Waals surface area contributed by atoms with Crippen molar-refractivity contribution in [2.45, 2.75) is 350 Å². The van der Waals surface area contributed by atoms with Crippen molar-refractivity contribution in [2.75, 3.05) is 39.6 Å². The highest BCUT2D eigenvalue weighted by Crippen LogP contribution is 2.45. The van der Waals surface area contributed by atoms with Crippen molar-refractivity contribution in [3.8, 4) is 0 Å². The van der Waals surface area contributed by atoms with Crippen LogP contribution in [0.15, 0.2) is 0 Å². The zero-order valence-corrected chi connectivity index (χ0v) is 58.4. The van der Waals surface area contributed by atoms with Gasteiger partial charge >= 0.3 is 39.5 Å². The van der Waals surface area contributed by atoms with Gasteiger partial charge in [0.1, 0.15) is 19.3 Å². The molecule has 0 bridgehead atoms. The van der Waals surface area contributed by atoms with Gasteiger partial charge in [-0.2, -0.15) is 0 Å². The van der Waals surface area contributed by atoms with Gasteiger partial charge in [0, 0.05) is 25.7 Å². The van der Waals surface area contributed by atoms with Gasteiger partial charge in [-0.25, -0.2) is 9.13 Å². The summed E-state index contributed by atoms with van der Waals surface area (Å²) in [6.45, 7) is 14.0. The summed E-state index contributed by atoms with van der Waals surface area (Å²) >= 11 is 0. The van der Waals surface area contributed by atoms with Gasteiger partial charge < -0.3 is 33.8 Å². The van der Waals surface area contributed by atoms with Crippen molar-refractivity contribution in [1.29, 1.82) is 0 Å². The number of ether oxygens (including phenoxy) is 4. The third kappa shape index (κ3) is 61.3. The topological polar surface area (TPSA) is 237 Å². The van der Waals surface area contributed by atoms with Gasteiger partial charge in [-0.15, -0.1) is 0 Å². The number of esters is 4. The molecule has 0 saturated carbocycles. The van der Waals surface area contributed by atoms with Crippen LogP contribution in [0.3, 0.4) is 0 Å². The summed E-state index contributed by atoms with van der Waals surface area (Å²) in [7, 11) is -9.90. The maximum atomic E-state index is 13.0. The number of hydrogen-bond donors (Lipinski definition) is 3. The SMILES string of the molecule is CCC(C)CCCCCCCCC(=O)OC[C@H](COP(=O)(O)OC[C@H](O)COP(=O)(O)OC[C@@H](COC(=O)CCCCCCCCC(C)C)OC(=O)CCCCCCCCCCCCCCCC(C)C)OC(=O)CCCCCCCCCCCC(C)C. The molecule has 0 spiro atoms. The zero-order chi connectivity index (χ0) is 64.7. The Hall–Kier alpha value is -1.94. The minimum absolute atomic E-state index is 0.104. The summed E-state index contributed by atoms with van der Waals surface area (Å²) in [5, 5.41) is 10.6. The van der Waals surface area contributed by atoms with Crippen LogP contribution >= 0.6 is 15.6 Å². The first-order valence-corrected chi connectivity index (χ1v) is 38.2. The van der Waals surface area contributed by atoms with Crippen molar-refractivity contribution in [3.05, 3.63) is 0 Å². The third-order valence-corrected chi connectivity index (χ3v) is 17.8. The Balaban J connectivity index is 5.23. The van der Waals surface area contributed by atoms with Crippen molar-refractivity contribution in [2.24, 2.45) is 23.7 Å². The highest BCUT2D eigenvalue weighted by atomic mass is 31.2. The molecule has 6 atom stereocenters. The smallest absolute Gasteiger partial charge is 0.462 e. The largest absolute Gasteiger partial charge is 0.472 e. The molecule has 0 fully saturated rings. The molecule has 0 saturated heterocycles. The molecule has 0 radical (unpaired) electrons. The van der Waals surface area contributed by atoms with Crippen LogP contribution in [-0.4, -0.2) is 96.7 Å². The van der Waals surface area contributed by atoms with Gasteiger partial charge in [0.15, 0.2) is 12.2 Å². The fourth-order valence-electron chi connectivity index (χ4n) is 10.1. The van der Waals surface area contributed by atoms with E-state index in [1.807, 2.05) is 0 Å². The normalized spacial score (nSPS) is 14.6. The maximum absolute atomic E-state index is 13.0. The minimum atomic E-state index is -4.95. The van der Waals surface area contributed by atoms with Crippen LogP contribution in [0.25, 0.3) is 0 Å². The van der Waals surface area contributed by atoms with E-state index >= 15 is 0 Å². The quantitative estimate of drug-likeness (QED) is 0.0222. The number of aliphatic hydroxyl groups excluding tert-OH is 1. The first-order chi connectivity index (χ1) is 41.6. The van der Waals surface area contributed by atoms with Gasteiger partial charge in [-0.05, 0) is 49.4 Å². The monoisotopic (exact) mass is 1280 g/mol. The minimum Gasteiger partial charge on any atom is -0.462 e. The molecule has 0 aliphatic carbocycles. The molecule has 0 aliphatic heterocycles. The van der Waals surface area contributed by atoms with Crippen molar-refractivity contribution >= 4 is 39.5 Å². The predicted octanol–water partition coefficient (Wildman–Crippen LogP) is 18.9. The molecule has 0 amide bonds. The standard InChI is InChI=1S/C68H132O17P2/c1-9-61(8)47-39-31-25-27-33-41-49-66(71)79-55-64(85-68(73)51-43-35-23-19-15-17-21-29-37-45-59(4)5)57-83-87(76,77)81-53-62(69)52-80-86(74,75)82-56-63(54-78-65(70)48-40-32-26-24-30-38-46-60(6)7)84-67(72)50-42-34-22-18-14-12-10-11-13-16-20-28-36-44-58(2)3/h58-64,69H,9-57H2,1-8H3,(H,74,75)(H,76,77)/t61?,62-,63-,64-/m1/s1. The maximum Gasteiger partial charge on any atom is 0.472 e. The van der Waals surface area contributed by atoms with Crippen LogP contribution in [0.2, 0.25) is 0 Å². The summed E-state index contributed by atoms with van der Waals surface area (Å²) in [5.41, 5.74) is 0. The average Bonchev–Trinajstić information content (AvgIpc) is 3.68. The Bertz CT molecular complexity index is 1730. The number of phosphoric ester groups is 2. The summed E-state index contributed by atoms with van der Waals surface area (Å²) < 4.78 is 68.1. The average molecular weight is 1280 g/mol. The van der Waals surface area contributed by atoms with Crippen molar-refractivity contribution in [1.82, 2.24) is 0 Å². The zero-order valence-electron chi connectivity index (χ0n) is 56.6. The molecule has 3 N–H and O–H groups in total. The summed E-state index contributed by atoms with van der Waals surface area (Å²) in [6.07, 6.45) is 39.1. The summed E-state index contributed by atoms with van der Waals surface area (Å²) in [6, 6.07) is 0. The van der Waals surface area contributed by atoms with E-state index < -0.39 is 97.5 Å². The second-order valence-corrected chi connectivity index (χ2v) is 29.1.